The maximum atomic E-state index is 13.2. The third-order valence-corrected chi connectivity index (χ3v) is 4.74. The lowest BCUT2D eigenvalue weighted by Gasteiger charge is -2.29. The Morgan fingerprint density at radius 2 is 1.83 bits per heavy atom. The predicted octanol–water partition coefficient (Wildman–Crippen LogP) is 4.05. The Balaban J connectivity index is 1.75. The van der Waals surface area contributed by atoms with Crippen molar-refractivity contribution in [1.82, 2.24) is 9.88 Å². The molecule has 0 spiro atoms. The summed E-state index contributed by atoms with van der Waals surface area (Å²) in [6.07, 6.45) is 0.920. The van der Waals surface area contributed by atoms with Gasteiger partial charge in [-0.3, -0.25) is 9.78 Å². The molecule has 1 aliphatic heterocycles. The van der Waals surface area contributed by atoms with Gasteiger partial charge >= 0.3 is 0 Å². The second-order valence-electron chi connectivity index (χ2n) is 6.58. The molecule has 0 radical (unpaired) electrons. The fourth-order valence-corrected chi connectivity index (χ4v) is 3.49. The van der Waals surface area contributed by atoms with Crippen LogP contribution < -0.4 is 0 Å². The van der Waals surface area contributed by atoms with Crippen LogP contribution in [0.2, 0.25) is 0 Å². The van der Waals surface area contributed by atoms with Crippen molar-refractivity contribution in [3.63, 3.8) is 0 Å². The van der Waals surface area contributed by atoms with Gasteiger partial charge in [-0.05, 0) is 49.6 Å². The minimum Gasteiger partial charge on any atom is -0.334 e. The zero-order valence-corrected chi connectivity index (χ0v) is 14.0. The highest BCUT2D eigenvalue weighted by Crippen LogP contribution is 2.25. The van der Waals surface area contributed by atoms with E-state index in [0.717, 1.165) is 40.7 Å². The van der Waals surface area contributed by atoms with E-state index in [4.69, 9.17) is 0 Å². The summed E-state index contributed by atoms with van der Waals surface area (Å²) in [5.74, 6) is 0.102. The molecule has 2 heterocycles. The lowest BCUT2D eigenvalue weighted by atomic mass is 9.98. The van der Waals surface area contributed by atoms with E-state index in [-0.39, 0.29) is 5.91 Å². The molecule has 0 aliphatic carbocycles. The summed E-state index contributed by atoms with van der Waals surface area (Å²) in [5, 5.41) is 0.949. The first-order valence-corrected chi connectivity index (χ1v) is 8.36. The highest BCUT2D eigenvalue weighted by molar-refractivity contribution is 6.06. The molecule has 4 rings (SSSR count). The zero-order valence-electron chi connectivity index (χ0n) is 14.0. The number of hydrogen-bond donors (Lipinski definition) is 0. The van der Waals surface area contributed by atoms with Crippen molar-refractivity contribution in [3.05, 3.63) is 76.5 Å². The first kappa shape index (κ1) is 14.9. The normalized spacial score (nSPS) is 13.8. The maximum Gasteiger partial charge on any atom is 0.254 e. The van der Waals surface area contributed by atoms with E-state index < -0.39 is 0 Å². The second-order valence-corrected chi connectivity index (χ2v) is 6.58. The molecule has 3 aromatic rings. The van der Waals surface area contributed by atoms with Crippen LogP contribution in [0, 0.1) is 13.8 Å². The van der Waals surface area contributed by atoms with Gasteiger partial charge in [0.25, 0.3) is 5.91 Å². The van der Waals surface area contributed by atoms with E-state index >= 15 is 0 Å². The highest BCUT2D eigenvalue weighted by atomic mass is 16.2. The number of rotatable bonds is 1. The third kappa shape index (κ3) is 2.56. The van der Waals surface area contributed by atoms with Gasteiger partial charge in [-0.15, -0.1) is 0 Å². The van der Waals surface area contributed by atoms with Crippen molar-refractivity contribution in [2.24, 2.45) is 0 Å². The molecule has 1 amide bonds. The number of pyridine rings is 1. The van der Waals surface area contributed by atoms with Crippen LogP contribution in [0.25, 0.3) is 10.9 Å². The Bertz CT molecular complexity index is 946. The summed E-state index contributed by atoms with van der Waals surface area (Å²) < 4.78 is 0. The van der Waals surface area contributed by atoms with Crippen LogP contribution in [-0.4, -0.2) is 22.3 Å². The summed E-state index contributed by atoms with van der Waals surface area (Å²) in [5.41, 5.74) is 6.29. The van der Waals surface area contributed by atoms with Crippen LogP contribution in [0.15, 0.2) is 48.5 Å². The summed E-state index contributed by atoms with van der Waals surface area (Å²) >= 11 is 0. The number of nitrogens with zero attached hydrogens (tertiary/aromatic N) is 2. The Kier molecular flexibility index (Phi) is 3.57. The molecule has 24 heavy (non-hydrogen) atoms. The standard InChI is InChI=1S/C21H20N2O/c1-14-7-8-20-18(11-14)19(12-15(2)22-20)21(24)23-10-9-16-5-3-4-6-17(16)13-23/h3-8,11-12H,9-10,13H2,1-2H3. The third-order valence-electron chi connectivity index (χ3n) is 4.74. The average molecular weight is 316 g/mol. The van der Waals surface area contributed by atoms with Crippen molar-refractivity contribution < 1.29 is 4.79 Å². The molecule has 1 aromatic heterocycles. The molecule has 0 N–H and O–H groups in total. The van der Waals surface area contributed by atoms with Gasteiger partial charge in [0.2, 0.25) is 0 Å². The van der Waals surface area contributed by atoms with E-state index in [2.05, 4.69) is 29.2 Å². The number of carbonyl (C=O) groups excluding carboxylic acids is 1. The maximum absolute atomic E-state index is 13.2. The molecule has 3 nitrogen and oxygen atoms in total. The van der Waals surface area contributed by atoms with Crippen LogP contribution in [0.5, 0.6) is 0 Å². The molecule has 0 unspecified atom stereocenters. The van der Waals surface area contributed by atoms with Crippen LogP contribution in [-0.2, 0) is 13.0 Å². The SMILES string of the molecule is Cc1ccc2nc(C)cc(C(=O)N3CCc4ccccc4C3)c2c1. The van der Waals surface area contributed by atoms with Gasteiger partial charge < -0.3 is 4.90 Å². The summed E-state index contributed by atoms with van der Waals surface area (Å²) in [6, 6.07) is 16.4. The van der Waals surface area contributed by atoms with Crippen molar-refractivity contribution in [2.75, 3.05) is 6.54 Å². The fourth-order valence-electron chi connectivity index (χ4n) is 3.49. The van der Waals surface area contributed by atoms with E-state index in [1.807, 2.05) is 43.0 Å². The molecule has 2 aromatic carbocycles. The van der Waals surface area contributed by atoms with Gasteiger partial charge in [0.05, 0.1) is 11.1 Å². The molecular formula is C21H20N2O. The highest BCUT2D eigenvalue weighted by Gasteiger charge is 2.23. The first-order chi connectivity index (χ1) is 11.6. The number of carbonyl (C=O) groups is 1. The van der Waals surface area contributed by atoms with Crippen molar-refractivity contribution in [2.45, 2.75) is 26.8 Å². The minimum atomic E-state index is 0.102. The van der Waals surface area contributed by atoms with Crippen LogP contribution in [0.4, 0.5) is 0 Å². The van der Waals surface area contributed by atoms with Gasteiger partial charge in [-0.1, -0.05) is 35.9 Å². The molecule has 0 saturated carbocycles. The second kappa shape index (κ2) is 5.75. The van der Waals surface area contributed by atoms with E-state index in [1.165, 1.54) is 11.1 Å². The Morgan fingerprint density at radius 3 is 2.67 bits per heavy atom. The molecule has 0 bridgehead atoms. The van der Waals surface area contributed by atoms with Crippen molar-refractivity contribution >= 4 is 16.8 Å². The predicted molar refractivity (Wildman–Crippen MR) is 96.1 cm³/mol. The number of hydrogen-bond acceptors (Lipinski definition) is 2. The van der Waals surface area contributed by atoms with Gasteiger partial charge in [0, 0.05) is 24.2 Å². The number of amides is 1. The van der Waals surface area contributed by atoms with E-state index in [1.54, 1.807) is 0 Å². The van der Waals surface area contributed by atoms with E-state index in [9.17, 15) is 4.79 Å². The largest absolute Gasteiger partial charge is 0.334 e. The monoisotopic (exact) mass is 316 g/mol. The minimum absolute atomic E-state index is 0.102. The van der Waals surface area contributed by atoms with Crippen LogP contribution in [0.3, 0.4) is 0 Å². The van der Waals surface area contributed by atoms with Gasteiger partial charge in [0.1, 0.15) is 0 Å². The van der Waals surface area contributed by atoms with Gasteiger partial charge in [0.15, 0.2) is 0 Å². The molecule has 0 fully saturated rings. The lowest BCUT2D eigenvalue weighted by molar-refractivity contribution is 0.0736. The topological polar surface area (TPSA) is 33.2 Å². The smallest absolute Gasteiger partial charge is 0.254 e. The van der Waals surface area contributed by atoms with Crippen molar-refractivity contribution in [1.29, 1.82) is 0 Å². The van der Waals surface area contributed by atoms with Gasteiger partial charge in [-0.2, -0.15) is 0 Å². The summed E-state index contributed by atoms with van der Waals surface area (Å²) in [6.45, 7) is 5.44. The molecule has 0 atom stereocenters. The fraction of sp³-hybridized carbons (Fsp3) is 0.238. The Labute approximate surface area is 141 Å². The molecule has 0 saturated heterocycles. The lowest BCUT2D eigenvalue weighted by Crippen LogP contribution is -2.36. The molecule has 120 valence electrons. The first-order valence-electron chi connectivity index (χ1n) is 8.36. The quantitative estimate of drug-likeness (QED) is 0.678. The number of benzene rings is 2. The number of fused-ring (bicyclic) bond motifs is 2. The van der Waals surface area contributed by atoms with Gasteiger partial charge in [-0.25, -0.2) is 0 Å². The zero-order chi connectivity index (χ0) is 16.7. The van der Waals surface area contributed by atoms with Crippen molar-refractivity contribution in [3.8, 4) is 0 Å². The molecular weight excluding hydrogens is 296 g/mol. The van der Waals surface area contributed by atoms with E-state index in [0.29, 0.717) is 6.54 Å². The van der Waals surface area contributed by atoms with Crippen LogP contribution >= 0.6 is 0 Å². The summed E-state index contributed by atoms with van der Waals surface area (Å²) in [4.78, 5) is 19.7. The summed E-state index contributed by atoms with van der Waals surface area (Å²) in [7, 11) is 0. The molecule has 3 heteroatoms. The Hall–Kier alpha value is -2.68. The number of aromatic nitrogens is 1. The van der Waals surface area contributed by atoms with Crippen LogP contribution in [0.1, 0.15) is 32.7 Å². The Morgan fingerprint density at radius 1 is 1.04 bits per heavy atom. The molecule has 1 aliphatic rings. The average Bonchev–Trinajstić information content (AvgIpc) is 2.60. The number of aryl methyl sites for hydroxylation is 2.